The quantitative estimate of drug-likeness (QED) is 0.880. The second-order valence-electron chi connectivity index (χ2n) is 4.54. The zero-order valence-corrected chi connectivity index (χ0v) is 10.5. The molecular weight excluding hydrogens is 260 g/mol. The van der Waals surface area contributed by atoms with Crippen LogP contribution < -0.4 is 5.32 Å². The van der Waals surface area contributed by atoms with Crippen molar-refractivity contribution in [1.29, 1.82) is 0 Å². The number of nitrogens with one attached hydrogen (secondary N) is 1. The Morgan fingerprint density at radius 3 is 2.75 bits per heavy atom. The molecule has 0 unspecified atom stereocenters. The summed E-state index contributed by atoms with van der Waals surface area (Å²) >= 11 is 0. The molecule has 0 spiro atoms. The fraction of sp³-hybridized carbons (Fsp3) is 0.231. The molecule has 2 aromatic rings. The summed E-state index contributed by atoms with van der Waals surface area (Å²) in [5, 5.41) is 11.5. The number of nitrogens with zero attached hydrogens (tertiary/aromatic N) is 3. The summed E-state index contributed by atoms with van der Waals surface area (Å²) in [6.07, 6.45) is 6.57. The minimum absolute atomic E-state index is 0.0476. The highest BCUT2D eigenvalue weighted by atomic mass is 16.4. The molecule has 3 rings (SSSR count). The lowest BCUT2D eigenvalue weighted by molar-refractivity contribution is 0.0691. The van der Waals surface area contributed by atoms with Crippen LogP contribution in [0.15, 0.2) is 30.7 Å². The van der Waals surface area contributed by atoms with Crippen molar-refractivity contribution in [2.45, 2.75) is 18.9 Å². The Bertz CT molecular complexity index is 676. The van der Waals surface area contributed by atoms with Gasteiger partial charge in [0.2, 0.25) is 0 Å². The molecule has 0 radical (unpaired) electrons. The fourth-order valence-corrected chi connectivity index (χ4v) is 2.01. The molecule has 1 fully saturated rings. The molecule has 0 atom stereocenters. The number of carboxylic acids is 1. The first kappa shape index (κ1) is 12.3. The van der Waals surface area contributed by atoms with E-state index in [1.807, 2.05) is 10.8 Å². The maximum atomic E-state index is 12.2. The van der Waals surface area contributed by atoms with E-state index in [9.17, 15) is 9.59 Å². The van der Waals surface area contributed by atoms with Gasteiger partial charge in [0.15, 0.2) is 11.5 Å². The van der Waals surface area contributed by atoms with Crippen molar-refractivity contribution in [3.05, 3.63) is 42.1 Å². The molecule has 0 saturated heterocycles. The Morgan fingerprint density at radius 1 is 1.30 bits per heavy atom. The van der Waals surface area contributed by atoms with Crippen molar-refractivity contribution < 1.29 is 14.7 Å². The maximum Gasteiger partial charge on any atom is 0.358 e. The zero-order chi connectivity index (χ0) is 14.1. The SMILES string of the molecule is O=C(O)c1nccnc1NC(=O)c1cccn1C1CC1. The summed E-state index contributed by atoms with van der Waals surface area (Å²) in [5.74, 6) is -1.66. The molecule has 102 valence electrons. The number of anilines is 1. The fourth-order valence-electron chi connectivity index (χ4n) is 2.01. The van der Waals surface area contributed by atoms with E-state index in [4.69, 9.17) is 5.11 Å². The van der Waals surface area contributed by atoms with Gasteiger partial charge in [-0.25, -0.2) is 14.8 Å². The highest BCUT2D eigenvalue weighted by molar-refractivity contribution is 6.05. The van der Waals surface area contributed by atoms with Crippen LogP contribution >= 0.6 is 0 Å². The molecular formula is C13H12N4O3. The molecule has 1 aliphatic rings. The van der Waals surface area contributed by atoms with Crippen LogP contribution in [-0.2, 0) is 0 Å². The van der Waals surface area contributed by atoms with Gasteiger partial charge in [-0.2, -0.15) is 0 Å². The number of hydrogen-bond acceptors (Lipinski definition) is 4. The van der Waals surface area contributed by atoms with Gasteiger partial charge in [0.1, 0.15) is 5.69 Å². The monoisotopic (exact) mass is 272 g/mol. The van der Waals surface area contributed by atoms with Crippen LogP contribution in [0.5, 0.6) is 0 Å². The van der Waals surface area contributed by atoms with Gasteiger partial charge >= 0.3 is 5.97 Å². The number of hydrogen-bond donors (Lipinski definition) is 2. The van der Waals surface area contributed by atoms with Crippen LogP contribution in [0.3, 0.4) is 0 Å². The number of aromatic carboxylic acids is 1. The Balaban J connectivity index is 1.86. The normalized spacial score (nSPS) is 14.0. The van der Waals surface area contributed by atoms with Crippen molar-refractivity contribution in [2.24, 2.45) is 0 Å². The number of aromatic nitrogens is 3. The van der Waals surface area contributed by atoms with Crippen molar-refractivity contribution in [1.82, 2.24) is 14.5 Å². The summed E-state index contributed by atoms with van der Waals surface area (Å²) in [6, 6.07) is 3.86. The van der Waals surface area contributed by atoms with E-state index in [0.717, 1.165) is 12.8 Å². The second kappa shape index (κ2) is 4.76. The third-order valence-electron chi connectivity index (χ3n) is 3.08. The third kappa shape index (κ3) is 2.25. The van der Waals surface area contributed by atoms with Crippen LogP contribution in [0.2, 0.25) is 0 Å². The molecule has 1 amide bonds. The molecule has 0 aromatic carbocycles. The number of carboxylic acid groups (broad SMARTS) is 1. The molecule has 20 heavy (non-hydrogen) atoms. The largest absolute Gasteiger partial charge is 0.476 e. The number of rotatable bonds is 4. The highest BCUT2D eigenvalue weighted by Gasteiger charge is 2.27. The van der Waals surface area contributed by atoms with Crippen molar-refractivity contribution in [3.63, 3.8) is 0 Å². The molecule has 7 heteroatoms. The van der Waals surface area contributed by atoms with Crippen molar-refractivity contribution in [3.8, 4) is 0 Å². The van der Waals surface area contributed by atoms with E-state index in [2.05, 4.69) is 15.3 Å². The third-order valence-corrected chi connectivity index (χ3v) is 3.08. The number of amides is 1. The second-order valence-corrected chi connectivity index (χ2v) is 4.54. The predicted molar refractivity (Wildman–Crippen MR) is 69.6 cm³/mol. The minimum atomic E-state index is -1.23. The summed E-state index contributed by atoms with van der Waals surface area (Å²) in [4.78, 5) is 30.8. The number of carbonyl (C=O) groups excluding carboxylic acids is 1. The Morgan fingerprint density at radius 2 is 2.05 bits per heavy atom. The summed E-state index contributed by atoms with van der Waals surface area (Å²) in [5.41, 5.74) is 0.222. The molecule has 1 saturated carbocycles. The van der Waals surface area contributed by atoms with Gasteiger partial charge in [0.25, 0.3) is 5.91 Å². The molecule has 1 aliphatic carbocycles. The van der Waals surface area contributed by atoms with Gasteiger partial charge in [0, 0.05) is 24.6 Å². The molecule has 2 aromatic heterocycles. The molecule has 7 nitrogen and oxygen atoms in total. The topological polar surface area (TPSA) is 97.1 Å². The van der Waals surface area contributed by atoms with E-state index >= 15 is 0 Å². The number of carbonyl (C=O) groups is 2. The van der Waals surface area contributed by atoms with Crippen molar-refractivity contribution >= 4 is 17.7 Å². The lowest BCUT2D eigenvalue weighted by Crippen LogP contribution is -2.19. The summed E-state index contributed by atoms with van der Waals surface area (Å²) in [7, 11) is 0. The van der Waals surface area contributed by atoms with E-state index in [0.29, 0.717) is 11.7 Å². The minimum Gasteiger partial charge on any atom is -0.476 e. The summed E-state index contributed by atoms with van der Waals surface area (Å²) in [6.45, 7) is 0. The van der Waals surface area contributed by atoms with E-state index in [-0.39, 0.29) is 17.4 Å². The predicted octanol–water partition coefficient (Wildman–Crippen LogP) is 1.56. The van der Waals surface area contributed by atoms with E-state index in [1.165, 1.54) is 12.4 Å². The van der Waals surface area contributed by atoms with Gasteiger partial charge in [-0.15, -0.1) is 0 Å². The average molecular weight is 272 g/mol. The van der Waals surface area contributed by atoms with Crippen LogP contribution in [0.25, 0.3) is 0 Å². The van der Waals surface area contributed by atoms with Gasteiger partial charge in [-0.05, 0) is 25.0 Å². The Kier molecular flexibility index (Phi) is 2.94. The average Bonchev–Trinajstić information content (AvgIpc) is 3.16. The van der Waals surface area contributed by atoms with Crippen LogP contribution in [0.4, 0.5) is 5.82 Å². The molecule has 0 bridgehead atoms. The van der Waals surface area contributed by atoms with Gasteiger partial charge < -0.3 is 15.0 Å². The first-order valence-electron chi connectivity index (χ1n) is 6.19. The summed E-state index contributed by atoms with van der Waals surface area (Å²) < 4.78 is 1.89. The van der Waals surface area contributed by atoms with Crippen molar-refractivity contribution in [2.75, 3.05) is 5.32 Å². The van der Waals surface area contributed by atoms with Gasteiger partial charge in [-0.1, -0.05) is 0 Å². The first-order chi connectivity index (χ1) is 9.66. The molecule has 2 heterocycles. The van der Waals surface area contributed by atoms with Gasteiger partial charge in [0.05, 0.1) is 0 Å². The van der Waals surface area contributed by atoms with Crippen LogP contribution in [0.1, 0.15) is 39.9 Å². The standard InChI is InChI=1S/C13H12N4O3/c18-12(9-2-1-7-17(9)8-3-4-8)16-11-10(13(19)20)14-5-6-15-11/h1-2,5-8H,3-4H2,(H,19,20)(H,15,16,18). The maximum absolute atomic E-state index is 12.2. The smallest absolute Gasteiger partial charge is 0.358 e. The molecule has 2 N–H and O–H groups in total. The zero-order valence-electron chi connectivity index (χ0n) is 10.5. The first-order valence-corrected chi connectivity index (χ1v) is 6.19. The van der Waals surface area contributed by atoms with Crippen LogP contribution in [0, 0.1) is 0 Å². The molecule has 0 aliphatic heterocycles. The lowest BCUT2D eigenvalue weighted by atomic mass is 10.3. The lowest BCUT2D eigenvalue weighted by Gasteiger charge is -2.09. The van der Waals surface area contributed by atoms with Crippen LogP contribution in [-0.4, -0.2) is 31.5 Å². The van der Waals surface area contributed by atoms with E-state index < -0.39 is 5.97 Å². The van der Waals surface area contributed by atoms with Gasteiger partial charge in [-0.3, -0.25) is 4.79 Å². The Hall–Kier alpha value is -2.70. The van der Waals surface area contributed by atoms with E-state index in [1.54, 1.807) is 12.1 Å². The Labute approximate surface area is 114 Å². The highest BCUT2D eigenvalue weighted by Crippen LogP contribution is 2.36.